The van der Waals surface area contributed by atoms with Gasteiger partial charge in [0, 0.05) is 0 Å². The zero-order valence-electron chi connectivity index (χ0n) is 7.22. The highest BCUT2D eigenvalue weighted by molar-refractivity contribution is 5.99. The Kier molecular flexibility index (Phi) is 2.90. The molecule has 2 nitrogen and oxygen atoms in total. The van der Waals surface area contributed by atoms with Crippen LogP contribution in [0.15, 0.2) is 12.1 Å². The molecular weight excluding hydrogens is 197 g/mol. The fourth-order valence-electron chi connectivity index (χ4n) is 0.941. The second kappa shape index (κ2) is 3.79. The molecule has 1 aromatic rings. The molecule has 0 aliphatic rings. The van der Waals surface area contributed by atoms with E-state index in [0.29, 0.717) is 6.07 Å². The number of hydrogen-bond donors (Lipinski definition) is 1. The third kappa shape index (κ3) is 1.77. The second-order valence-corrected chi connectivity index (χ2v) is 2.76. The number of hydrogen-bond acceptors (Lipinski definition) is 2. The van der Waals surface area contributed by atoms with Crippen molar-refractivity contribution < 1.29 is 23.1 Å². The number of rotatable bonds is 2. The van der Waals surface area contributed by atoms with Gasteiger partial charge in [0.1, 0.15) is 6.10 Å². The first-order chi connectivity index (χ1) is 6.45. The van der Waals surface area contributed by atoms with E-state index in [1.165, 1.54) is 0 Å². The van der Waals surface area contributed by atoms with Crippen molar-refractivity contribution in [3.8, 4) is 0 Å². The van der Waals surface area contributed by atoms with Crippen molar-refractivity contribution in [1.82, 2.24) is 0 Å². The van der Waals surface area contributed by atoms with Crippen molar-refractivity contribution >= 4 is 5.78 Å². The van der Waals surface area contributed by atoms with Crippen molar-refractivity contribution in [2.45, 2.75) is 13.0 Å². The number of carbonyl (C=O) groups excluding carboxylic acids is 1. The number of aliphatic hydroxyl groups is 1. The molecule has 0 aromatic heterocycles. The van der Waals surface area contributed by atoms with Crippen molar-refractivity contribution in [3.05, 3.63) is 35.1 Å². The van der Waals surface area contributed by atoms with Crippen LogP contribution in [0.25, 0.3) is 0 Å². The normalized spacial score (nSPS) is 12.6. The maximum absolute atomic E-state index is 12.9. The van der Waals surface area contributed by atoms with Crippen LogP contribution >= 0.6 is 0 Å². The second-order valence-electron chi connectivity index (χ2n) is 2.76. The van der Waals surface area contributed by atoms with Gasteiger partial charge in [-0.1, -0.05) is 0 Å². The number of aliphatic hydroxyl groups excluding tert-OH is 1. The topological polar surface area (TPSA) is 37.3 Å². The summed E-state index contributed by atoms with van der Waals surface area (Å²) in [4.78, 5) is 11.0. The lowest BCUT2D eigenvalue weighted by Crippen LogP contribution is -2.18. The Morgan fingerprint density at radius 1 is 1.29 bits per heavy atom. The SMILES string of the molecule is CC(O)C(=O)c1ccc(F)c(F)c1F. The van der Waals surface area contributed by atoms with Gasteiger partial charge in [-0.25, -0.2) is 13.2 Å². The van der Waals surface area contributed by atoms with Gasteiger partial charge in [-0.15, -0.1) is 0 Å². The molecule has 1 N–H and O–H groups in total. The first kappa shape index (κ1) is 10.7. The van der Waals surface area contributed by atoms with E-state index in [9.17, 15) is 18.0 Å². The molecule has 14 heavy (non-hydrogen) atoms. The van der Waals surface area contributed by atoms with Crippen LogP contribution in [0.2, 0.25) is 0 Å². The van der Waals surface area contributed by atoms with Gasteiger partial charge in [0.2, 0.25) is 0 Å². The summed E-state index contributed by atoms with van der Waals surface area (Å²) in [6.45, 7) is 1.11. The summed E-state index contributed by atoms with van der Waals surface area (Å²) in [6, 6.07) is 1.43. The molecule has 0 heterocycles. The van der Waals surface area contributed by atoms with Crippen LogP contribution in [-0.4, -0.2) is 17.0 Å². The summed E-state index contributed by atoms with van der Waals surface area (Å²) in [6.07, 6.45) is -1.45. The van der Waals surface area contributed by atoms with Gasteiger partial charge >= 0.3 is 0 Å². The maximum atomic E-state index is 12.9. The molecule has 1 unspecified atom stereocenters. The number of Topliss-reactive ketones (excluding diaryl/α,β-unsaturated/α-hetero) is 1. The molecule has 0 saturated carbocycles. The minimum atomic E-state index is -1.71. The molecule has 76 valence electrons. The van der Waals surface area contributed by atoms with Crippen LogP contribution in [0.1, 0.15) is 17.3 Å². The average Bonchev–Trinajstić information content (AvgIpc) is 2.13. The van der Waals surface area contributed by atoms with Crippen LogP contribution in [-0.2, 0) is 0 Å². The summed E-state index contributed by atoms with van der Waals surface area (Å²) in [5.41, 5.74) is -0.654. The van der Waals surface area contributed by atoms with E-state index in [1.54, 1.807) is 0 Å². The summed E-state index contributed by atoms with van der Waals surface area (Å²) in [5.74, 6) is -5.64. The quantitative estimate of drug-likeness (QED) is 0.587. The monoisotopic (exact) mass is 204 g/mol. The third-order valence-electron chi connectivity index (χ3n) is 1.68. The molecule has 0 radical (unpaired) electrons. The van der Waals surface area contributed by atoms with E-state index in [0.717, 1.165) is 13.0 Å². The van der Waals surface area contributed by atoms with Crippen molar-refractivity contribution in [1.29, 1.82) is 0 Å². The maximum Gasteiger partial charge on any atom is 0.195 e. The lowest BCUT2D eigenvalue weighted by Gasteiger charge is -2.05. The first-order valence-corrected chi connectivity index (χ1v) is 3.81. The lowest BCUT2D eigenvalue weighted by atomic mass is 10.1. The molecule has 1 aromatic carbocycles. The highest BCUT2D eigenvalue weighted by Crippen LogP contribution is 2.16. The van der Waals surface area contributed by atoms with Gasteiger partial charge < -0.3 is 5.11 Å². The number of benzene rings is 1. The summed E-state index contributed by atoms with van der Waals surface area (Å²) in [7, 11) is 0. The Balaban J connectivity index is 3.24. The fraction of sp³-hybridized carbons (Fsp3) is 0.222. The lowest BCUT2D eigenvalue weighted by molar-refractivity contribution is 0.0774. The van der Waals surface area contributed by atoms with Crippen LogP contribution in [0, 0.1) is 17.5 Å². The van der Waals surface area contributed by atoms with Crippen LogP contribution in [0.3, 0.4) is 0 Å². The molecule has 1 rings (SSSR count). The largest absolute Gasteiger partial charge is 0.385 e. The Labute approximate surface area is 78.0 Å². The molecule has 5 heteroatoms. The van der Waals surface area contributed by atoms with E-state index in [4.69, 9.17) is 5.11 Å². The van der Waals surface area contributed by atoms with E-state index in [1.807, 2.05) is 0 Å². The van der Waals surface area contributed by atoms with Crippen molar-refractivity contribution in [3.63, 3.8) is 0 Å². The average molecular weight is 204 g/mol. The Hall–Kier alpha value is -1.36. The summed E-state index contributed by atoms with van der Waals surface area (Å²) < 4.78 is 38.0. The molecule has 0 aliphatic heterocycles. The van der Waals surface area contributed by atoms with Gasteiger partial charge in [0.25, 0.3) is 0 Å². The van der Waals surface area contributed by atoms with E-state index in [-0.39, 0.29) is 0 Å². The molecule has 0 fully saturated rings. The van der Waals surface area contributed by atoms with Gasteiger partial charge in [0.05, 0.1) is 5.56 Å². The molecule has 0 spiro atoms. The molecule has 0 amide bonds. The van der Waals surface area contributed by atoms with Gasteiger partial charge in [0.15, 0.2) is 23.2 Å². The van der Waals surface area contributed by atoms with Gasteiger partial charge in [-0.3, -0.25) is 4.79 Å². The summed E-state index contributed by atoms with van der Waals surface area (Å²) >= 11 is 0. The summed E-state index contributed by atoms with van der Waals surface area (Å²) in [5, 5.41) is 8.83. The standard InChI is InChI=1S/C9H7F3O2/c1-4(13)9(14)5-2-3-6(10)8(12)7(5)11/h2-4,13H,1H3. The van der Waals surface area contributed by atoms with Crippen LogP contribution in [0.4, 0.5) is 13.2 Å². The van der Waals surface area contributed by atoms with E-state index >= 15 is 0 Å². The fourth-order valence-corrected chi connectivity index (χ4v) is 0.941. The van der Waals surface area contributed by atoms with Gasteiger partial charge in [-0.2, -0.15) is 0 Å². The van der Waals surface area contributed by atoms with E-state index < -0.39 is 34.9 Å². The Bertz CT molecular complexity index is 375. The molecular formula is C9H7F3O2. The Morgan fingerprint density at radius 3 is 2.36 bits per heavy atom. The Morgan fingerprint density at radius 2 is 1.86 bits per heavy atom. The predicted molar refractivity (Wildman–Crippen MR) is 42.3 cm³/mol. The number of ketones is 1. The zero-order valence-corrected chi connectivity index (χ0v) is 7.22. The van der Waals surface area contributed by atoms with Gasteiger partial charge in [-0.05, 0) is 19.1 Å². The highest BCUT2D eigenvalue weighted by Gasteiger charge is 2.21. The number of halogens is 3. The van der Waals surface area contributed by atoms with Crippen molar-refractivity contribution in [2.75, 3.05) is 0 Å². The van der Waals surface area contributed by atoms with Crippen molar-refractivity contribution in [2.24, 2.45) is 0 Å². The minimum Gasteiger partial charge on any atom is -0.385 e. The van der Waals surface area contributed by atoms with Crippen LogP contribution in [0.5, 0.6) is 0 Å². The smallest absolute Gasteiger partial charge is 0.195 e. The predicted octanol–water partition coefficient (Wildman–Crippen LogP) is 1.67. The number of carbonyl (C=O) groups is 1. The minimum absolute atomic E-state index is 0.633. The highest BCUT2D eigenvalue weighted by atomic mass is 19.2. The third-order valence-corrected chi connectivity index (χ3v) is 1.68. The van der Waals surface area contributed by atoms with E-state index in [2.05, 4.69) is 0 Å². The molecule has 0 aliphatic carbocycles. The molecule has 0 saturated heterocycles. The first-order valence-electron chi connectivity index (χ1n) is 3.81. The van der Waals surface area contributed by atoms with Crippen LogP contribution < -0.4 is 0 Å². The zero-order chi connectivity index (χ0) is 10.9. The molecule has 0 bridgehead atoms. The molecule has 1 atom stereocenters.